The SMILES string of the molecule is COC(=O)[C@H](CC(C)C)NC(=O)c1ccc2c(c1)C(=O)c1ccc(Nc3ccc(F)cc3F)cc1CC2. The number of carbonyl (C=O) groups is 3. The molecule has 192 valence electrons. The predicted octanol–water partition coefficient (Wildman–Crippen LogP) is 5.36. The number of carbonyl (C=O) groups excluding carboxylic acids is 3. The molecule has 1 aliphatic carbocycles. The van der Waals surface area contributed by atoms with Gasteiger partial charge in [-0.15, -0.1) is 0 Å². The largest absolute Gasteiger partial charge is 0.467 e. The number of ether oxygens (including phenoxy) is 1. The Bertz CT molecular complexity index is 1370. The lowest BCUT2D eigenvalue weighted by atomic mass is 9.96. The molecule has 0 spiro atoms. The Labute approximate surface area is 214 Å². The molecular weight excluding hydrogens is 478 g/mol. The van der Waals surface area contributed by atoms with Crippen LogP contribution in [0.2, 0.25) is 0 Å². The van der Waals surface area contributed by atoms with Crippen molar-refractivity contribution in [3.63, 3.8) is 0 Å². The van der Waals surface area contributed by atoms with Gasteiger partial charge in [0.05, 0.1) is 12.8 Å². The van der Waals surface area contributed by atoms with Gasteiger partial charge in [0.25, 0.3) is 5.91 Å². The second-order valence-corrected chi connectivity index (χ2v) is 9.50. The van der Waals surface area contributed by atoms with Gasteiger partial charge >= 0.3 is 5.97 Å². The van der Waals surface area contributed by atoms with Gasteiger partial charge in [0, 0.05) is 28.4 Å². The van der Waals surface area contributed by atoms with Gasteiger partial charge in [0.1, 0.15) is 17.7 Å². The number of nitrogens with one attached hydrogen (secondary N) is 2. The molecule has 1 aliphatic rings. The minimum atomic E-state index is -0.787. The average Bonchev–Trinajstić information content (AvgIpc) is 3.00. The third-order valence-electron chi connectivity index (χ3n) is 6.34. The Morgan fingerprint density at radius 2 is 1.70 bits per heavy atom. The van der Waals surface area contributed by atoms with Gasteiger partial charge in [-0.1, -0.05) is 19.9 Å². The standard InChI is InChI=1S/C29H28F2N2O4/c1-16(2)12-26(29(36)37-3)33-28(35)19-7-5-17-4-6-18-13-21(9-10-22(18)27(34)23(17)14-19)32-25-11-8-20(30)15-24(25)31/h5,7-11,13-16,26,32H,4,6,12H2,1-3H3,(H,33,35)/t26-/m0/s1. The highest BCUT2D eigenvalue weighted by atomic mass is 19.1. The lowest BCUT2D eigenvalue weighted by Gasteiger charge is -2.18. The number of esters is 1. The molecule has 0 bridgehead atoms. The van der Waals surface area contributed by atoms with E-state index in [2.05, 4.69) is 10.6 Å². The topological polar surface area (TPSA) is 84.5 Å². The molecule has 0 saturated heterocycles. The third kappa shape index (κ3) is 5.85. The number of anilines is 2. The van der Waals surface area contributed by atoms with E-state index < -0.39 is 29.6 Å². The fraction of sp³-hybridized carbons (Fsp3) is 0.276. The number of ketones is 1. The molecule has 3 aromatic carbocycles. The van der Waals surface area contributed by atoms with Crippen LogP contribution in [0.4, 0.5) is 20.2 Å². The van der Waals surface area contributed by atoms with Crippen molar-refractivity contribution in [3.8, 4) is 0 Å². The smallest absolute Gasteiger partial charge is 0.328 e. The zero-order chi connectivity index (χ0) is 26.7. The highest BCUT2D eigenvalue weighted by Gasteiger charge is 2.26. The average molecular weight is 507 g/mol. The summed E-state index contributed by atoms with van der Waals surface area (Å²) in [6, 6.07) is 12.6. The van der Waals surface area contributed by atoms with Crippen molar-refractivity contribution in [3.05, 3.63) is 94.0 Å². The first-order valence-corrected chi connectivity index (χ1v) is 12.1. The number of rotatable bonds is 7. The van der Waals surface area contributed by atoms with Gasteiger partial charge in [0.2, 0.25) is 0 Å². The van der Waals surface area contributed by atoms with E-state index in [0.717, 1.165) is 17.2 Å². The zero-order valence-electron chi connectivity index (χ0n) is 20.9. The molecule has 0 saturated carbocycles. The molecule has 8 heteroatoms. The van der Waals surface area contributed by atoms with Crippen molar-refractivity contribution < 1.29 is 27.9 Å². The fourth-order valence-electron chi connectivity index (χ4n) is 4.48. The number of benzene rings is 3. The van der Waals surface area contributed by atoms with Crippen molar-refractivity contribution >= 4 is 29.0 Å². The summed E-state index contributed by atoms with van der Waals surface area (Å²) >= 11 is 0. The monoisotopic (exact) mass is 506 g/mol. The molecule has 2 N–H and O–H groups in total. The molecule has 0 heterocycles. The lowest BCUT2D eigenvalue weighted by Crippen LogP contribution is -2.42. The second kappa shape index (κ2) is 10.9. The summed E-state index contributed by atoms with van der Waals surface area (Å²) < 4.78 is 32.1. The first kappa shape index (κ1) is 26.0. The molecule has 0 aromatic heterocycles. The Balaban J connectivity index is 1.58. The molecule has 37 heavy (non-hydrogen) atoms. The van der Waals surface area contributed by atoms with Crippen molar-refractivity contribution in [1.82, 2.24) is 5.32 Å². The normalized spacial score (nSPS) is 13.3. The number of methoxy groups -OCH3 is 1. The lowest BCUT2D eigenvalue weighted by molar-refractivity contribution is -0.143. The van der Waals surface area contributed by atoms with Crippen LogP contribution >= 0.6 is 0 Å². The molecular formula is C29H28F2N2O4. The number of aryl methyl sites for hydroxylation is 2. The molecule has 0 aliphatic heterocycles. The summed E-state index contributed by atoms with van der Waals surface area (Å²) in [4.78, 5) is 38.5. The van der Waals surface area contributed by atoms with Crippen LogP contribution in [0.25, 0.3) is 0 Å². The number of hydrogen-bond donors (Lipinski definition) is 2. The number of amides is 1. The van der Waals surface area contributed by atoms with Crippen LogP contribution in [0.15, 0.2) is 54.6 Å². The van der Waals surface area contributed by atoms with Gasteiger partial charge in [0.15, 0.2) is 5.78 Å². The summed E-state index contributed by atoms with van der Waals surface area (Å²) in [6.45, 7) is 3.88. The summed E-state index contributed by atoms with van der Waals surface area (Å²) in [5.41, 5.74) is 3.48. The number of halogens is 2. The van der Waals surface area contributed by atoms with Crippen LogP contribution in [-0.4, -0.2) is 30.8 Å². The van der Waals surface area contributed by atoms with E-state index in [4.69, 9.17) is 4.74 Å². The zero-order valence-corrected chi connectivity index (χ0v) is 20.9. The number of hydrogen-bond acceptors (Lipinski definition) is 5. The van der Waals surface area contributed by atoms with Gasteiger partial charge in [-0.05, 0) is 78.8 Å². The third-order valence-corrected chi connectivity index (χ3v) is 6.34. The molecule has 1 amide bonds. The van der Waals surface area contributed by atoms with Gasteiger partial charge in [-0.3, -0.25) is 9.59 Å². The maximum atomic E-state index is 14.1. The summed E-state index contributed by atoms with van der Waals surface area (Å²) in [5.74, 6) is -2.42. The minimum absolute atomic E-state index is 0.128. The molecule has 0 radical (unpaired) electrons. The van der Waals surface area contributed by atoms with Crippen molar-refractivity contribution in [1.29, 1.82) is 0 Å². The van der Waals surface area contributed by atoms with Crippen LogP contribution in [0.5, 0.6) is 0 Å². The fourth-order valence-corrected chi connectivity index (χ4v) is 4.48. The van der Waals surface area contributed by atoms with E-state index in [1.165, 1.54) is 19.2 Å². The van der Waals surface area contributed by atoms with Crippen LogP contribution in [-0.2, 0) is 22.4 Å². The van der Waals surface area contributed by atoms with Gasteiger partial charge in [-0.2, -0.15) is 0 Å². The highest BCUT2D eigenvalue weighted by Crippen LogP contribution is 2.29. The molecule has 1 atom stereocenters. The van der Waals surface area contributed by atoms with E-state index >= 15 is 0 Å². The molecule has 4 rings (SSSR count). The maximum absolute atomic E-state index is 14.1. The van der Waals surface area contributed by atoms with E-state index in [9.17, 15) is 23.2 Å². The Morgan fingerprint density at radius 1 is 0.946 bits per heavy atom. The van der Waals surface area contributed by atoms with Crippen LogP contribution in [0, 0.1) is 17.6 Å². The molecule has 3 aromatic rings. The van der Waals surface area contributed by atoms with Crippen LogP contribution in [0.1, 0.15) is 57.7 Å². The van der Waals surface area contributed by atoms with E-state index in [1.54, 1.807) is 36.4 Å². The van der Waals surface area contributed by atoms with Crippen molar-refractivity contribution in [2.45, 2.75) is 39.2 Å². The molecule has 6 nitrogen and oxygen atoms in total. The van der Waals surface area contributed by atoms with E-state index in [0.29, 0.717) is 36.1 Å². The van der Waals surface area contributed by atoms with E-state index in [-0.39, 0.29) is 23.0 Å². The highest BCUT2D eigenvalue weighted by molar-refractivity contribution is 6.12. The predicted molar refractivity (Wildman–Crippen MR) is 136 cm³/mol. The quantitative estimate of drug-likeness (QED) is 0.422. The van der Waals surface area contributed by atoms with Crippen molar-refractivity contribution in [2.75, 3.05) is 12.4 Å². The first-order chi connectivity index (χ1) is 17.7. The Hall–Kier alpha value is -4.07. The van der Waals surface area contributed by atoms with E-state index in [1.807, 2.05) is 13.8 Å². The Morgan fingerprint density at radius 3 is 2.41 bits per heavy atom. The minimum Gasteiger partial charge on any atom is -0.467 e. The summed E-state index contributed by atoms with van der Waals surface area (Å²) in [5, 5.41) is 5.65. The summed E-state index contributed by atoms with van der Waals surface area (Å²) in [6.07, 6.45) is 1.57. The molecule has 0 fully saturated rings. The first-order valence-electron chi connectivity index (χ1n) is 12.1. The van der Waals surface area contributed by atoms with Crippen molar-refractivity contribution in [2.24, 2.45) is 5.92 Å². The van der Waals surface area contributed by atoms with Crippen LogP contribution in [0.3, 0.4) is 0 Å². The second-order valence-electron chi connectivity index (χ2n) is 9.50. The Kier molecular flexibility index (Phi) is 7.66. The summed E-state index contributed by atoms with van der Waals surface area (Å²) in [7, 11) is 1.28. The molecule has 0 unspecified atom stereocenters. The maximum Gasteiger partial charge on any atom is 0.328 e. The van der Waals surface area contributed by atoms with Gasteiger partial charge in [-0.25, -0.2) is 13.6 Å². The van der Waals surface area contributed by atoms with Crippen LogP contribution < -0.4 is 10.6 Å². The number of fused-ring (bicyclic) bond motifs is 2. The van der Waals surface area contributed by atoms with Gasteiger partial charge < -0.3 is 15.4 Å².